The van der Waals surface area contributed by atoms with Crippen molar-refractivity contribution in [2.75, 3.05) is 14.2 Å². The smallest absolute Gasteiger partial charge is 0.183 e. The summed E-state index contributed by atoms with van der Waals surface area (Å²) in [5.74, 6) is 0. The lowest BCUT2D eigenvalue weighted by atomic mass is 11.8. The summed E-state index contributed by atoms with van der Waals surface area (Å²) in [5.41, 5.74) is 0. The topological polar surface area (TPSA) is 18.5 Å². The lowest BCUT2D eigenvalue weighted by Gasteiger charge is -2.10. The Kier molecular flexibility index (Phi) is 8.89. The van der Waals surface area contributed by atoms with E-state index in [9.17, 15) is 0 Å². The minimum absolute atomic E-state index is 0.650. The van der Waals surface area contributed by atoms with Gasteiger partial charge in [0.2, 0.25) is 0 Å². The standard InChI is InChI=1S/C4H12OSi.C3H10OSi/c1-5-6(2,3)4;1-4-5(2)3/h1-4H3;5H,1-3H3. The molecule has 0 atom stereocenters. The Morgan fingerprint density at radius 1 is 1.00 bits per heavy atom. The Balaban J connectivity index is 0. The van der Waals surface area contributed by atoms with Crippen LogP contribution in [0, 0.1) is 0 Å². The Labute approximate surface area is 73.8 Å². The Bertz CT molecular complexity index is 79.0. The van der Waals surface area contributed by atoms with Crippen LogP contribution in [0.3, 0.4) is 0 Å². The number of hydrogen-bond donors (Lipinski definition) is 0. The predicted octanol–water partition coefficient (Wildman–Crippen LogP) is 2.08. The molecule has 70 valence electrons. The largest absolute Gasteiger partial charge is 0.424 e. The van der Waals surface area contributed by atoms with Gasteiger partial charge in [0.15, 0.2) is 17.4 Å². The fourth-order valence-corrected chi connectivity index (χ4v) is 0. The van der Waals surface area contributed by atoms with Gasteiger partial charge in [-0.15, -0.1) is 0 Å². The highest BCUT2D eigenvalue weighted by Crippen LogP contribution is 1.97. The molecule has 11 heavy (non-hydrogen) atoms. The molecule has 0 unspecified atom stereocenters. The van der Waals surface area contributed by atoms with E-state index in [0.717, 1.165) is 0 Å². The quantitative estimate of drug-likeness (QED) is 0.627. The van der Waals surface area contributed by atoms with Crippen molar-refractivity contribution in [1.29, 1.82) is 0 Å². The van der Waals surface area contributed by atoms with Gasteiger partial charge in [0.25, 0.3) is 0 Å². The normalized spacial score (nSPS) is 10.9. The SMILES string of the molecule is CO[SiH](C)C.CO[Si](C)(C)C. The van der Waals surface area contributed by atoms with E-state index >= 15 is 0 Å². The Morgan fingerprint density at radius 2 is 1.18 bits per heavy atom. The second-order valence-electron chi connectivity index (χ2n) is 3.60. The third-order valence-electron chi connectivity index (χ3n) is 1.08. The van der Waals surface area contributed by atoms with Crippen LogP contribution in [0.2, 0.25) is 32.7 Å². The molecular formula is C7H22O2Si2. The van der Waals surface area contributed by atoms with Crippen LogP contribution in [-0.4, -0.2) is 31.6 Å². The monoisotopic (exact) mass is 194 g/mol. The second kappa shape index (κ2) is 7.03. The molecule has 0 heterocycles. The van der Waals surface area contributed by atoms with Gasteiger partial charge in [-0.2, -0.15) is 0 Å². The molecule has 0 aliphatic heterocycles. The van der Waals surface area contributed by atoms with E-state index in [1.165, 1.54) is 0 Å². The summed E-state index contributed by atoms with van der Waals surface area (Å²) < 4.78 is 9.97. The summed E-state index contributed by atoms with van der Waals surface area (Å²) in [6.45, 7) is 10.8. The average molecular weight is 194 g/mol. The van der Waals surface area contributed by atoms with Gasteiger partial charge in [-0.25, -0.2) is 0 Å². The molecule has 0 amide bonds. The molecule has 2 nitrogen and oxygen atoms in total. The first-order valence-electron chi connectivity index (χ1n) is 3.91. The highest BCUT2D eigenvalue weighted by molar-refractivity contribution is 6.69. The molecule has 0 saturated carbocycles. The molecule has 0 fully saturated rings. The van der Waals surface area contributed by atoms with Gasteiger partial charge in [0, 0.05) is 14.2 Å². The van der Waals surface area contributed by atoms with E-state index in [2.05, 4.69) is 32.7 Å². The van der Waals surface area contributed by atoms with Gasteiger partial charge in [-0.05, 0) is 32.7 Å². The maximum absolute atomic E-state index is 5.08. The van der Waals surface area contributed by atoms with Gasteiger partial charge in [-0.1, -0.05) is 0 Å². The van der Waals surface area contributed by atoms with E-state index in [4.69, 9.17) is 8.85 Å². The van der Waals surface area contributed by atoms with E-state index < -0.39 is 17.4 Å². The molecule has 0 aromatic rings. The molecule has 0 bridgehead atoms. The summed E-state index contributed by atoms with van der Waals surface area (Å²) in [4.78, 5) is 0. The minimum Gasteiger partial charge on any atom is -0.424 e. The molecule has 0 N–H and O–H groups in total. The van der Waals surface area contributed by atoms with Crippen LogP contribution < -0.4 is 0 Å². The Hall–Kier alpha value is 0.354. The first-order chi connectivity index (χ1) is 4.83. The summed E-state index contributed by atoms with van der Waals surface area (Å²) in [6.07, 6.45) is 0. The van der Waals surface area contributed by atoms with E-state index in [1.54, 1.807) is 14.2 Å². The number of rotatable bonds is 2. The molecule has 0 saturated heterocycles. The molecule has 0 radical (unpaired) electrons. The molecule has 0 aromatic heterocycles. The third kappa shape index (κ3) is 25.2. The van der Waals surface area contributed by atoms with Gasteiger partial charge < -0.3 is 8.85 Å². The van der Waals surface area contributed by atoms with Crippen molar-refractivity contribution in [3.63, 3.8) is 0 Å². The zero-order valence-electron chi connectivity index (χ0n) is 8.89. The molecule has 0 aromatic carbocycles. The zero-order chi connectivity index (χ0) is 9.49. The molecule has 0 aliphatic carbocycles. The summed E-state index contributed by atoms with van der Waals surface area (Å²) in [7, 11) is 1.75. The highest BCUT2D eigenvalue weighted by Gasteiger charge is 2.09. The number of hydrogen-bond acceptors (Lipinski definition) is 2. The fraction of sp³-hybridized carbons (Fsp3) is 1.00. The summed E-state index contributed by atoms with van der Waals surface area (Å²) >= 11 is 0. The van der Waals surface area contributed by atoms with Crippen LogP contribution in [0.5, 0.6) is 0 Å². The van der Waals surface area contributed by atoms with Crippen LogP contribution in [0.1, 0.15) is 0 Å². The van der Waals surface area contributed by atoms with Crippen molar-refractivity contribution in [2.24, 2.45) is 0 Å². The lowest BCUT2D eigenvalue weighted by Crippen LogP contribution is -2.22. The summed E-state index contributed by atoms with van der Waals surface area (Å²) in [5, 5.41) is 0. The molecule has 0 spiro atoms. The van der Waals surface area contributed by atoms with Crippen molar-refractivity contribution in [2.45, 2.75) is 32.7 Å². The molecule has 4 heteroatoms. The van der Waals surface area contributed by atoms with Crippen molar-refractivity contribution < 1.29 is 8.85 Å². The predicted molar refractivity (Wildman–Crippen MR) is 56.2 cm³/mol. The van der Waals surface area contributed by atoms with Crippen LogP contribution in [0.15, 0.2) is 0 Å². The summed E-state index contributed by atoms with van der Waals surface area (Å²) in [6, 6.07) is 0. The van der Waals surface area contributed by atoms with Crippen molar-refractivity contribution in [3.8, 4) is 0 Å². The van der Waals surface area contributed by atoms with Crippen LogP contribution in [-0.2, 0) is 8.85 Å². The first kappa shape index (κ1) is 13.9. The average Bonchev–Trinajstić information content (AvgIpc) is 1.88. The van der Waals surface area contributed by atoms with Crippen molar-refractivity contribution in [3.05, 3.63) is 0 Å². The van der Waals surface area contributed by atoms with Gasteiger partial charge >= 0.3 is 0 Å². The first-order valence-corrected chi connectivity index (χ1v) is 10.1. The highest BCUT2D eigenvalue weighted by atomic mass is 28.4. The third-order valence-corrected chi connectivity index (χ3v) is 3.25. The lowest BCUT2D eigenvalue weighted by molar-refractivity contribution is 0.411. The van der Waals surface area contributed by atoms with E-state index in [0.29, 0.717) is 0 Å². The van der Waals surface area contributed by atoms with Gasteiger partial charge in [0.1, 0.15) is 0 Å². The fourth-order valence-electron chi connectivity index (χ4n) is 0. The van der Waals surface area contributed by atoms with Crippen molar-refractivity contribution in [1.82, 2.24) is 0 Å². The van der Waals surface area contributed by atoms with Crippen LogP contribution in [0.4, 0.5) is 0 Å². The van der Waals surface area contributed by atoms with Gasteiger partial charge in [-0.3, -0.25) is 0 Å². The minimum atomic E-state index is -1.13. The van der Waals surface area contributed by atoms with Crippen LogP contribution >= 0.6 is 0 Å². The van der Waals surface area contributed by atoms with E-state index in [-0.39, 0.29) is 0 Å². The van der Waals surface area contributed by atoms with Crippen molar-refractivity contribution >= 4 is 17.4 Å². The second-order valence-corrected chi connectivity index (χ2v) is 10.8. The van der Waals surface area contributed by atoms with E-state index in [1.807, 2.05) is 0 Å². The van der Waals surface area contributed by atoms with Crippen LogP contribution in [0.25, 0.3) is 0 Å². The Morgan fingerprint density at radius 3 is 1.18 bits per heavy atom. The maximum atomic E-state index is 5.08. The maximum Gasteiger partial charge on any atom is 0.183 e. The molecular weight excluding hydrogens is 172 g/mol. The molecule has 0 aliphatic rings. The van der Waals surface area contributed by atoms with Gasteiger partial charge in [0.05, 0.1) is 0 Å². The zero-order valence-corrected chi connectivity index (χ0v) is 11.0. The molecule has 0 rings (SSSR count).